The van der Waals surface area contributed by atoms with Gasteiger partial charge in [-0.2, -0.15) is 13.2 Å². The number of sulfone groups is 1. The average molecular weight is 564 g/mol. The van der Waals surface area contributed by atoms with Crippen LogP contribution >= 0.6 is 23.2 Å². The Balaban J connectivity index is 1.33. The number of rotatable bonds is 4. The molecule has 4 aliphatic heterocycles. The summed E-state index contributed by atoms with van der Waals surface area (Å²) in [7, 11) is -3.47. The van der Waals surface area contributed by atoms with Gasteiger partial charge in [0, 0.05) is 39.2 Å². The molecule has 1 aromatic carbocycles. The number of nitrogens with one attached hydrogen (secondary N) is 1. The van der Waals surface area contributed by atoms with E-state index in [-0.39, 0.29) is 40.1 Å². The molecule has 1 amide bonds. The van der Waals surface area contributed by atoms with Crippen LogP contribution < -0.4 is 5.32 Å². The summed E-state index contributed by atoms with van der Waals surface area (Å²) in [6.07, 6.45) is 0.160. The molecule has 0 radical (unpaired) electrons. The van der Waals surface area contributed by atoms with E-state index in [2.05, 4.69) is 10.5 Å². The molecule has 5 rings (SSSR count). The lowest BCUT2D eigenvalue weighted by atomic mass is 9.82. The van der Waals surface area contributed by atoms with Gasteiger partial charge in [-0.05, 0) is 24.3 Å². The van der Waals surface area contributed by atoms with Crippen LogP contribution in [0.4, 0.5) is 13.2 Å². The second-order valence-electron chi connectivity index (χ2n) is 9.05. The number of hydrogen-bond acceptors (Lipinski definition) is 7. The molecule has 0 aromatic heterocycles. The van der Waals surface area contributed by atoms with Crippen molar-refractivity contribution >= 4 is 44.7 Å². The van der Waals surface area contributed by atoms with Gasteiger partial charge >= 0.3 is 6.18 Å². The van der Waals surface area contributed by atoms with E-state index in [1.807, 2.05) is 0 Å². The predicted octanol–water partition coefficient (Wildman–Crippen LogP) is 3.44. The van der Waals surface area contributed by atoms with Crippen molar-refractivity contribution in [2.45, 2.75) is 23.8 Å². The molecule has 1 atom stereocenters. The first-order valence-corrected chi connectivity index (χ1v) is 13.3. The highest BCUT2D eigenvalue weighted by molar-refractivity contribution is 7.91. The van der Waals surface area contributed by atoms with Gasteiger partial charge in [0.25, 0.3) is 5.60 Å². The van der Waals surface area contributed by atoms with E-state index in [9.17, 15) is 26.4 Å². The van der Waals surface area contributed by atoms with Gasteiger partial charge in [-0.15, -0.1) is 0 Å². The zero-order chi connectivity index (χ0) is 26.1. The third-order valence-electron chi connectivity index (χ3n) is 6.34. The van der Waals surface area contributed by atoms with Gasteiger partial charge in [-0.3, -0.25) is 4.79 Å². The van der Waals surface area contributed by atoms with Crippen molar-refractivity contribution in [3.63, 3.8) is 0 Å². The highest BCUT2D eigenvalue weighted by Gasteiger charge is 2.63. The van der Waals surface area contributed by atoms with Gasteiger partial charge in [0.05, 0.1) is 31.5 Å². The topological polar surface area (TPSA) is 97.3 Å². The lowest BCUT2D eigenvalue weighted by molar-refractivity contribution is -0.275. The summed E-state index contributed by atoms with van der Waals surface area (Å²) in [4.78, 5) is 18.6. The van der Waals surface area contributed by atoms with Gasteiger partial charge in [-0.1, -0.05) is 28.4 Å². The zero-order valence-corrected chi connectivity index (χ0v) is 20.9. The molecule has 4 aliphatic rings. The summed E-state index contributed by atoms with van der Waals surface area (Å²) in [6.45, 7) is 0.295. The van der Waals surface area contributed by atoms with Crippen LogP contribution in [-0.2, 0) is 29.8 Å². The molecule has 36 heavy (non-hydrogen) atoms. The molecule has 1 unspecified atom stereocenters. The Morgan fingerprint density at radius 2 is 1.89 bits per heavy atom. The third kappa shape index (κ3) is 4.14. The first-order chi connectivity index (χ1) is 16.7. The van der Waals surface area contributed by atoms with E-state index in [4.69, 9.17) is 32.8 Å². The summed E-state index contributed by atoms with van der Waals surface area (Å²) in [5, 5.41) is 6.75. The summed E-state index contributed by atoms with van der Waals surface area (Å²) >= 11 is 11.9. The minimum Gasteiger partial charge on any atom is -0.486 e. The van der Waals surface area contributed by atoms with Crippen molar-refractivity contribution in [1.82, 2.24) is 10.2 Å². The molecule has 4 heterocycles. The van der Waals surface area contributed by atoms with E-state index < -0.39 is 45.3 Å². The predicted molar refractivity (Wildman–Crippen MR) is 125 cm³/mol. The SMILES string of the molecule is CS(=O)(=O)CC(=O)N1CC2(C1)OC=C1C=C(C3=NOC(c4cc(Cl)cc(Cl)c4)(C(F)(F)F)C3)NC=C12. The zero-order valence-electron chi connectivity index (χ0n) is 18.5. The van der Waals surface area contributed by atoms with Crippen LogP contribution in [0.15, 0.2) is 58.7 Å². The normalized spacial score (nSPS) is 24.4. The van der Waals surface area contributed by atoms with Crippen molar-refractivity contribution in [2.24, 2.45) is 5.16 Å². The van der Waals surface area contributed by atoms with Gasteiger partial charge in [0.1, 0.15) is 11.5 Å². The number of hydrogen-bond donors (Lipinski definition) is 1. The van der Waals surface area contributed by atoms with Crippen molar-refractivity contribution in [3.8, 4) is 0 Å². The summed E-state index contributed by atoms with van der Waals surface area (Å²) < 4.78 is 71.3. The van der Waals surface area contributed by atoms with Crippen molar-refractivity contribution in [2.75, 3.05) is 25.1 Å². The number of dihydropyridines is 1. The second-order valence-corrected chi connectivity index (χ2v) is 12.1. The quantitative estimate of drug-likeness (QED) is 0.602. The van der Waals surface area contributed by atoms with Crippen molar-refractivity contribution in [3.05, 3.63) is 69.2 Å². The minimum absolute atomic E-state index is 0.0270. The minimum atomic E-state index is -4.82. The Bertz CT molecular complexity index is 1380. The van der Waals surface area contributed by atoms with Crippen molar-refractivity contribution < 1.29 is 36.0 Å². The van der Waals surface area contributed by atoms with Crippen LogP contribution in [0, 0.1) is 0 Å². The molecule has 1 saturated heterocycles. The van der Waals surface area contributed by atoms with E-state index >= 15 is 0 Å². The van der Waals surface area contributed by atoms with Crippen LogP contribution in [0.2, 0.25) is 10.0 Å². The van der Waals surface area contributed by atoms with Crippen LogP contribution in [0.5, 0.6) is 0 Å². The first-order valence-electron chi connectivity index (χ1n) is 10.5. The number of benzene rings is 1. The number of nitrogens with zero attached hydrogens (tertiary/aromatic N) is 2. The first kappa shape index (κ1) is 25.0. The molecule has 0 bridgehead atoms. The molecule has 1 aromatic rings. The van der Waals surface area contributed by atoms with Crippen LogP contribution in [0.3, 0.4) is 0 Å². The molecule has 192 valence electrons. The molecule has 8 nitrogen and oxygen atoms in total. The Labute approximate surface area is 213 Å². The number of allylic oxidation sites excluding steroid dienone is 2. The second kappa shape index (κ2) is 8.15. The van der Waals surface area contributed by atoms with Crippen molar-refractivity contribution in [1.29, 1.82) is 0 Å². The number of fused-ring (bicyclic) bond motifs is 2. The van der Waals surface area contributed by atoms with E-state index in [0.717, 1.165) is 18.4 Å². The maximum absolute atomic E-state index is 14.2. The number of oxime groups is 1. The fourth-order valence-electron chi connectivity index (χ4n) is 4.55. The number of halogens is 5. The van der Waals surface area contributed by atoms with E-state index in [1.165, 1.54) is 17.2 Å². The number of amides is 1. The number of alkyl halides is 3. The number of ether oxygens (including phenoxy) is 1. The molecule has 1 fully saturated rings. The third-order valence-corrected chi connectivity index (χ3v) is 7.55. The smallest absolute Gasteiger partial charge is 0.435 e. The Morgan fingerprint density at radius 3 is 2.50 bits per heavy atom. The van der Waals surface area contributed by atoms with Crippen LogP contribution in [0.1, 0.15) is 12.0 Å². The summed E-state index contributed by atoms with van der Waals surface area (Å²) in [5.74, 6) is -1.12. The van der Waals surface area contributed by atoms with E-state index in [0.29, 0.717) is 11.1 Å². The van der Waals surface area contributed by atoms with Gasteiger partial charge in [-0.25, -0.2) is 8.42 Å². The van der Waals surface area contributed by atoms with Gasteiger partial charge in [0.2, 0.25) is 5.91 Å². The molecule has 0 aliphatic carbocycles. The summed E-state index contributed by atoms with van der Waals surface area (Å²) in [5.41, 5.74) is -2.28. The molecule has 0 saturated carbocycles. The molecular weight excluding hydrogens is 546 g/mol. The number of carbonyl (C=O) groups is 1. The lowest BCUT2D eigenvalue weighted by Crippen LogP contribution is -2.65. The Morgan fingerprint density at radius 1 is 1.22 bits per heavy atom. The maximum Gasteiger partial charge on any atom is 0.435 e. The largest absolute Gasteiger partial charge is 0.486 e. The van der Waals surface area contributed by atoms with Crippen LogP contribution in [-0.4, -0.2) is 61.8 Å². The van der Waals surface area contributed by atoms with Gasteiger partial charge in [0.15, 0.2) is 15.4 Å². The number of likely N-dealkylation sites (tertiary alicyclic amines) is 1. The number of carbonyl (C=O) groups excluding carboxylic acids is 1. The Kier molecular flexibility index (Phi) is 5.66. The maximum atomic E-state index is 14.2. The molecule has 1 N–H and O–H groups in total. The van der Waals surface area contributed by atoms with Crippen LogP contribution in [0.25, 0.3) is 0 Å². The van der Waals surface area contributed by atoms with E-state index in [1.54, 1.807) is 12.3 Å². The molecule has 1 spiro atoms. The standard InChI is InChI=1S/C22H18Cl2F3N3O5S/c1-36(32,33)9-19(31)30-10-20(11-30)16-7-28-17(2-12(16)8-34-20)18-6-21(35-29-18,22(25,26)27)13-3-14(23)5-15(24)4-13/h2-5,7-8,28H,6,9-11H2,1H3. The highest BCUT2D eigenvalue weighted by Crippen LogP contribution is 2.50. The molecular formula is C22H18Cl2F3N3O5S. The Hall–Kier alpha value is -2.70. The average Bonchev–Trinajstić information content (AvgIpc) is 3.33. The molecule has 14 heteroatoms. The lowest BCUT2D eigenvalue weighted by Gasteiger charge is -2.48. The fourth-order valence-corrected chi connectivity index (χ4v) is 5.71. The monoisotopic (exact) mass is 563 g/mol. The fraction of sp³-hybridized carbons (Fsp3) is 0.364. The summed E-state index contributed by atoms with van der Waals surface area (Å²) in [6, 6.07) is 3.61. The van der Waals surface area contributed by atoms with Gasteiger partial charge < -0.3 is 19.8 Å². The highest BCUT2D eigenvalue weighted by atomic mass is 35.5.